The van der Waals surface area contributed by atoms with E-state index in [-0.39, 0.29) is 10.9 Å². The first-order chi connectivity index (χ1) is 10.2. The lowest BCUT2D eigenvalue weighted by atomic mass is 10.0. The third-order valence-corrected chi connectivity index (χ3v) is 5.67. The Kier molecular flexibility index (Phi) is 3.16. The van der Waals surface area contributed by atoms with Gasteiger partial charge in [0, 0.05) is 15.1 Å². The minimum atomic E-state index is -0.215. The van der Waals surface area contributed by atoms with Gasteiger partial charge in [0.15, 0.2) is 0 Å². The van der Waals surface area contributed by atoms with Crippen molar-refractivity contribution in [2.75, 3.05) is 0 Å². The van der Waals surface area contributed by atoms with E-state index in [9.17, 15) is 4.79 Å². The van der Waals surface area contributed by atoms with Crippen molar-refractivity contribution in [2.45, 2.75) is 16.6 Å². The lowest BCUT2D eigenvalue weighted by molar-refractivity contribution is 0.542. The fraction of sp³-hybridized carbons (Fsp3) is 0.118. The van der Waals surface area contributed by atoms with Crippen molar-refractivity contribution in [1.82, 2.24) is 0 Å². The maximum atomic E-state index is 12.2. The zero-order valence-corrected chi connectivity index (χ0v) is 13.4. The molecule has 0 saturated heterocycles. The van der Waals surface area contributed by atoms with Crippen molar-refractivity contribution in [2.24, 2.45) is 0 Å². The fourth-order valence-electron chi connectivity index (χ4n) is 2.75. The van der Waals surface area contributed by atoms with Gasteiger partial charge in [-0.3, -0.25) is 0 Å². The summed E-state index contributed by atoms with van der Waals surface area (Å²) in [6, 6.07) is 16.1. The van der Waals surface area contributed by atoms with Crippen LogP contribution in [0.2, 0.25) is 0 Å². The number of hydrogen-bond donors (Lipinski definition) is 0. The number of fused-ring (bicyclic) bond motifs is 3. The second kappa shape index (κ2) is 5.04. The van der Waals surface area contributed by atoms with Crippen LogP contribution in [0.25, 0.3) is 11.0 Å². The van der Waals surface area contributed by atoms with E-state index in [2.05, 4.69) is 28.1 Å². The summed E-state index contributed by atoms with van der Waals surface area (Å²) in [5, 5.41) is 1.33. The first-order valence-corrected chi connectivity index (χ1v) is 8.36. The molecule has 0 saturated carbocycles. The van der Waals surface area contributed by atoms with E-state index in [1.807, 2.05) is 36.4 Å². The van der Waals surface area contributed by atoms with Gasteiger partial charge in [-0.2, -0.15) is 0 Å². The van der Waals surface area contributed by atoms with Crippen molar-refractivity contribution >= 4 is 38.7 Å². The Bertz CT molecular complexity index is 883. The molecule has 104 valence electrons. The van der Waals surface area contributed by atoms with Gasteiger partial charge in [-0.25, -0.2) is 4.79 Å². The first-order valence-electron chi connectivity index (χ1n) is 6.69. The topological polar surface area (TPSA) is 30.2 Å². The lowest BCUT2D eigenvalue weighted by Gasteiger charge is -2.08. The number of para-hydroxylation sites is 1. The van der Waals surface area contributed by atoms with Gasteiger partial charge >= 0.3 is 5.63 Å². The molecule has 4 rings (SSSR count). The summed E-state index contributed by atoms with van der Waals surface area (Å²) < 4.78 is 6.49. The summed E-state index contributed by atoms with van der Waals surface area (Å²) >= 11 is 5.07. The van der Waals surface area contributed by atoms with Crippen molar-refractivity contribution in [1.29, 1.82) is 0 Å². The summed E-state index contributed by atoms with van der Waals surface area (Å²) in [4.78, 5) is 12.9. The Balaban J connectivity index is 1.83. The highest BCUT2D eigenvalue weighted by molar-refractivity contribution is 9.10. The van der Waals surface area contributed by atoms with E-state index in [0.717, 1.165) is 26.7 Å². The molecule has 4 heteroatoms. The molecule has 0 fully saturated rings. The molecule has 2 nitrogen and oxygen atoms in total. The molecular weight excluding hydrogens is 348 g/mol. The largest absolute Gasteiger partial charge is 0.422 e. The van der Waals surface area contributed by atoms with E-state index in [1.165, 1.54) is 5.56 Å². The minimum Gasteiger partial charge on any atom is -0.422 e. The van der Waals surface area contributed by atoms with Gasteiger partial charge in [-0.15, -0.1) is 11.8 Å². The SMILES string of the molecule is O=c1oc2ccccc2c2c1SC(c1ccc(Br)cc1)C2. The van der Waals surface area contributed by atoms with Gasteiger partial charge in [-0.1, -0.05) is 46.3 Å². The average Bonchev–Trinajstić information content (AvgIpc) is 2.94. The molecule has 1 unspecified atom stereocenters. The normalized spacial score (nSPS) is 17.1. The Labute approximate surface area is 134 Å². The molecule has 3 aromatic rings. The quantitative estimate of drug-likeness (QED) is 0.576. The first kappa shape index (κ1) is 13.2. The van der Waals surface area contributed by atoms with Gasteiger partial charge in [0.1, 0.15) is 5.58 Å². The molecule has 21 heavy (non-hydrogen) atoms. The van der Waals surface area contributed by atoms with Gasteiger partial charge in [-0.05, 0) is 35.7 Å². The van der Waals surface area contributed by atoms with Crippen molar-refractivity contribution < 1.29 is 4.42 Å². The molecule has 0 spiro atoms. The van der Waals surface area contributed by atoms with E-state index >= 15 is 0 Å². The third kappa shape index (κ3) is 2.23. The Morgan fingerprint density at radius 1 is 1.10 bits per heavy atom. The Hall–Kier alpha value is -1.52. The summed E-state index contributed by atoms with van der Waals surface area (Å²) in [5.74, 6) is 0. The Morgan fingerprint density at radius 3 is 2.67 bits per heavy atom. The number of rotatable bonds is 1. The predicted octanol–water partition coefficient (Wildman–Crippen LogP) is 4.95. The number of thioether (sulfide) groups is 1. The van der Waals surface area contributed by atoms with Crippen molar-refractivity contribution in [3.8, 4) is 0 Å². The van der Waals surface area contributed by atoms with E-state index < -0.39 is 0 Å². The van der Waals surface area contributed by atoms with Gasteiger partial charge in [0.05, 0.1) is 4.90 Å². The number of hydrogen-bond acceptors (Lipinski definition) is 3. The van der Waals surface area contributed by atoms with Crippen LogP contribution in [-0.4, -0.2) is 0 Å². The highest BCUT2D eigenvalue weighted by Gasteiger charge is 2.29. The summed E-state index contributed by atoms with van der Waals surface area (Å²) in [7, 11) is 0. The summed E-state index contributed by atoms with van der Waals surface area (Å²) in [6.07, 6.45) is 0.869. The van der Waals surface area contributed by atoms with Crippen LogP contribution < -0.4 is 5.63 Å². The molecule has 0 amide bonds. The van der Waals surface area contributed by atoms with E-state index in [0.29, 0.717) is 5.58 Å². The van der Waals surface area contributed by atoms with Gasteiger partial charge in [0.25, 0.3) is 0 Å². The van der Waals surface area contributed by atoms with Crippen LogP contribution in [0.5, 0.6) is 0 Å². The standard InChI is InChI=1S/C17H11BrO2S/c18-11-7-5-10(6-8-11)15-9-13-12-3-1-2-4-14(12)20-17(19)16(13)21-15/h1-8,15H,9H2. The van der Waals surface area contributed by atoms with E-state index in [4.69, 9.17) is 4.42 Å². The minimum absolute atomic E-state index is 0.215. The van der Waals surface area contributed by atoms with Gasteiger partial charge in [0.2, 0.25) is 0 Å². The number of halogens is 1. The molecule has 0 aliphatic carbocycles. The molecule has 2 heterocycles. The summed E-state index contributed by atoms with van der Waals surface area (Å²) in [6.45, 7) is 0. The molecule has 0 radical (unpaired) electrons. The molecule has 1 aliphatic heterocycles. The maximum absolute atomic E-state index is 12.2. The van der Waals surface area contributed by atoms with Crippen LogP contribution >= 0.6 is 27.7 Å². The molecular formula is C17H11BrO2S. The van der Waals surface area contributed by atoms with Crippen LogP contribution in [0.15, 0.2) is 67.1 Å². The van der Waals surface area contributed by atoms with Crippen LogP contribution in [0.4, 0.5) is 0 Å². The second-order valence-corrected chi connectivity index (χ2v) is 7.18. The number of benzene rings is 2. The monoisotopic (exact) mass is 358 g/mol. The van der Waals surface area contributed by atoms with Crippen molar-refractivity contribution in [3.63, 3.8) is 0 Å². The van der Waals surface area contributed by atoms with Crippen LogP contribution in [-0.2, 0) is 6.42 Å². The molecule has 0 N–H and O–H groups in total. The maximum Gasteiger partial charge on any atom is 0.350 e. The molecule has 1 aromatic heterocycles. The van der Waals surface area contributed by atoms with Crippen LogP contribution in [0, 0.1) is 0 Å². The van der Waals surface area contributed by atoms with Crippen LogP contribution in [0.3, 0.4) is 0 Å². The Morgan fingerprint density at radius 2 is 1.86 bits per heavy atom. The molecule has 0 bridgehead atoms. The molecule has 2 aromatic carbocycles. The summed E-state index contributed by atoms with van der Waals surface area (Å²) in [5.41, 5.74) is 2.83. The zero-order valence-electron chi connectivity index (χ0n) is 11.0. The molecule has 1 atom stereocenters. The highest BCUT2D eigenvalue weighted by atomic mass is 79.9. The zero-order chi connectivity index (χ0) is 14.4. The van der Waals surface area contributed by atoms with Crippen molar-refractivity contribution in [3.05, 3.63) is 74.6 Å². The smallest absolute Gasteiger partial charge is 0.350 e. The van der Waals surface area contributed by atoms with Gasteiger partial charge < -0.3 is 4.42 Å². The average molecular weight is 359 g/mol. The lowest BCUT2D eigenvalue weighted by Crippen LogP contribution is -2.02. The molecule has 1 aliphatic rings. The van der Waals surface area contributed by atoms with Crippen LogP contribution in [0.1, 0.15) is 16.4 Å². The third-order valence-electron chi connectivity index (χ3n) is 3.77. The predicted molar refractivity (Wildman–Crippen MR) is 88.9 cm³/mol. The fourth-order valence-corrected chi connectivity index (χ4v) is 4.32. The highest BCUT2D eigenvalue weighted by Crippen LogP contribution is 2.46. The second-order valence-electron chi connectivity index (χ2n) is 5.06. The van der Waals surface area contributed by atoms with E-state index in [1.54, 1.807) is 11.8 Å².